The Hall–Kier alpha value is -1.61. The molecule has 15 heavy (non-hydrogen) atoms. The van der Waals surface area contributed by atoms with Gasteiger partial charge in [-0.15, -0.1) is 0 Å². The SMILES string of the molecule is Cc1ccccc1Cc1oncc1CN. The van der Waals surface area contributed by atoms with Crippen LogP contribution < -0.4 is 5.73 Å². The van der Waals surface area contributed by atoms with Crippen LogP contribution in [0.4, 0.5) is 0 Å². The van der Waals surface area contributed by atoms with Gasteiger partial charge < -0.3 is 10.3 Å². The number of nitrogens with zero attached hydrogens (tertiary/aromatic N) is 1. The summed E-state index contributed by atoms with van der Waals surface area (Å²) in [5.41, 5.74) is 9.09. The number of hydrogen-bond acceptors (Lipinski definition) is 3. The molecule has 78 valence electrons. The van der Waals surface area contributed by atoms with Gasteiger partial charge in [0.2, 0.25) is 0 Å². The lowest BCUT2D eigenvalue weighted by molar-refractivity contribution is 0.388. The summed E-state index contributed by atoms with van der Waals surface area (Å²) >= 11 is 0. The zero-order chi connectivity index (χ0) is 10.7. The van der Waals surface area contributed by atoms with Crippen molar-refractivity contribution in [2.45, 2.75) is 19.9 Å². The van der Waals surface area contributed by atoms with Crippen molar-refractivity contribution in [2.24, 2.45) is 5.73 Å². The average molecular weight is 202 g/mol. The molecule has 0 unspecified atom stereocenters. The molecule has 1 heterocycles. The Labute approximate surface area is 88.9 Å². The van der Waals surface area contributed by atoms with Gasteiger partial charge in [0.15, 0.2) is 0 Å². The van der Waals surface area contributed by atoms with Crippen LogP contribution in [0.25, 0.3) is 0 Å². The third-order valence-corrected chi connectivity index (χ3v) is 2.56. The monoisotopic (exact) mass is 202 g/mol. The molecule has 0 bridgehead atoms. The molecule has 0 saturated carbocycles. The number of aromatic nitrogens is 1. The third kappa shape index (κ3) is 2.07. The van der Waals surface area contributed by atoms with E-state index in [-0.39, 0.29) is 0 Å². The molecule has 0 aliphatic rings. The Bertz CT molecular complexity index is 448. The van der Waals surface area contributed by atoms with E-state index in [1.54, 1.807) is 6.20 Å². The highest BCUT2D eigenvalue weighted by Crippen LogP contribution is 2.16. The average Bonchev–Trinajstić information content (AvgIpc) is 2.69. The minimum absolute atomic E-state index is 0.477. The van der Waals surface area contributed by atoms with Gasteiger partial charge in [-0.2, -0.15) is 0 Å². The number of benzene rings is 1. The predicted octanol–water partition coefficient (Wildman–Crippen LogP) is 2.03. The summed E-state index contributed by atoms with van der Waals surface area (Å²) in [6.07, 6.45) is 2.45. The molecule has 3 heteroatoms. The van der Waals surface area contributed by atoms with E-state index in [2.05, 4.69) is 24.2 Å². The molecule has 0 saturated heterocycles. The topological polar surface area (TPSA) is 52.0 Å². The fraction of sp³-hybridized carbons (Fsp3) is 0.250. The standard InChI is InChI=1S/C12H14N2O/c1-9-4-2-3-5-10(9)6-12-11(7-13)8-14-15-12/h2-5,8H,6-7,13H2,1H3. The zero-order valence-electron chi connectivity index (χ0n) is 8.73. The maximum Gasteiger partial charge on any atom is 0.145 e. The molecular weight excluding hydrogens is 188 g/mol. The quantitative estimate of drug-likeness (QED) is 0.828. The van der Waals surface area contributed by atoms with Gasteiger partial charge in [0.05, 0.1) is 6.20 Å². The summed E-state index contributed by atoms with van der Waals surface area (Å²) in [5, 5.41) is 3.76. The second kappa shape index (κ2) is 4.28. The molecule has 1 aromatic carbocycles. The smallest absolute Gasteiger partial charge is 0.145 e. The fourth-order valence-electron chi connectivity index (χ4n) is 1.58. The van der Waals surface area contributed by atoms with E-state index < -0.39 is 0 Å². The van der Waals surface area contributed by atoms with E-state index in [4.69, 9.17) is 10.3 Å². The van der Waals surface area contributed by atoms with Crippen LogP contribution in [0.1, 0.15) is 22.5 Å². The summed E-state index contributed by atoms with van der Waals surface area (Å²) in [6, 6.07) is 8.25. The summed E-state index contributed by atoms with van der Waals surface area (Å²) in [5.74, 6) is 0.867. The van der Waals surface area contributed by atoms with E-state index in [0.29, 0.717) is 6.54 Å². The highest BCUT2D eigenvalue weighted by atomic mass is 16.5. The number of nitrogens with two attached hydrogens (primary N) is 1. The molecule has 3 nitrogen and oxygen atoms in total. The molecule has 0 radical (unpaired) electrons. The Balaban J connectivity index is 2.26. The summed E-state index contributed by atoms with van der Waals surface area (Å²) < 4.78 is 5.18. The summed E-state index contributed by atoms with van der Waals surface area (Å²) in [7, 11) is 0. The molecule has 1 aromatic heterocycles. The van der Waals surface area contributed by atoms with Crippen LogP contribution in [0.5, 0.6) is 0 Å². The minimum Gasteiger partial charge on any atom is -0.361 e. The van der Waals surface area contributed by atoms with E-state index in [1.807, 2.05) is 12.1 Å². The van der Waals surface area contributed by atoms with Crippen molar-refractivity contribution in [3.05, 3.63) is 52.9 Å². The molecule has 2 N–H and O–H groups in total. The lowest BCUT2D eigenvalue weighted by Crippen LogP contribution is -1.99. The summed E-state index contributed by atoms with van der Waals surface area (Å²) in [6.45, 7) is 2.57. The number of hydrogen-bond donors (Lipinski definition) is 1. The van der Waals surface area contributed by atoms with E-state index >= 15 is 0 Å². The first-order valence-corrected chi connectivity index (χ1v) is 4.98. The maximum atomic E-state index is 5.59. The minimum atomic E-state index is 0.477. The van der Waals surface area contributed by atoms with Crippen LogP contribution in [0.15, 0.2) is 35.0 Å². The lowest BCUT2D eigenvalue weighted by atomic mass is 10.0. The molecule has 2 aromatic rings. The van der Waals surface area contributed by atoms with Crippen LogP contribution in [0.3, 0.4) is 0 Å². The van der Waals surface area contributed by atoms with Gasteiger partial charge >= 0.3 is 0 Å². The van der Waals surface area contributed by atoms with Crippen LogP contribution in [-0.4, -0.2) is 5.16 Å². The molecule has 0 aliphatic heterocycles. The highest BCUT2D eigenvalue weighted by molar-refractivity contribution is 5.30. The van der Waals surface area contributed by atoms with Crippen LogP contribution in [0, 0.1) is 6.92 Å². The predicted molar refractivity (Wildman–Crippen MR) is 58.4 cm³/mol. The van der Waals surface area contributed by atoms with E-state index in [9.17, 15) is 0 Å². The maximum absolute atomic E-state index is 5.59. The largest absolute Gasteiger partial charge is 0.361 e. The fourth-order valence-corrected chi connectivity index (χ4v) is 1.58. The van der Waals surface area contributed by atoms with Gasteiger partial charge in [-0.05, 0) is 18.1 Å². The summed E-state index contributed by atoms with van der Waals surface area (Å²) in [4.78, 5) is 0. The van der Waals surface area contributed by atoms with Gasteiger partial charge in [0, 0.05) is 18.5 Å². The first-order chi connectivity index (χ1) is 7.31. The Morgan fingerprint density at radius 1 is 1.27 bits per heavy atom. The Morgan fingerprint density at radius 3 is 2.80 bits per heavy atom. The molecule has 0 spiro atoms. The van der Waals surface area contributed by atoms with Crippen molar-refractivity contribution in [1.82, 2.24) is 5.16 Å². The molecule has 2 rings (SSSR count). The van der Waals surface area contributed by atoms with Gasteiger partial charge in [-0.1, -0.05) is 29.4 Å². The molecule has 0 atom stereocenters. The Kier molecular flexibility index (Phi) is 2.83. The highest BCUT2D eigenvalue weighted by Gasteiger charge is 2.08. The van der Waals surface area contributed by atoms with Crippen LogP contribution >= 0.6 is 0 Å². The number of aryl methyl sites for hydroxylation is 1. The molecule has 0 aliphatic carbocycles. The lowest BCUT2D eigenvalue weighted by Gasteiger charge is -2.03. The van der Waals surface area contributed by atoms with Crippen molar-refractivity contribution in [3.8, 4) is 0 Å². The van der Waals surface area contributed by atoms with Crippen LogP contribution in [-0.2, 0) is 13.0 Å². The second-order valence-electron chi connectivity index (χ2n) is 3.58. The van der Waals surface area contributed by atoms with E-state index in [1.165, 1.54) is 11.1 Å². The second-order valence-corrected chi connectivity index (χ2v) is 3.58. The first-order valence-electron chi connectivity index (χ1n) is 4.98. The third-order valence-electron chi connectivity index (χ3n) is 2.56. The molecular formula is C12H14N2O. The molecule has 0 fully saturated rings. The Morgan fingerprint density at radius 2 is 2.07 bits per heavy atom. The van der Waals surface area contributed by atoms with Gasteiger partial charge in [-0.3, -0.25) is 0 Å². The van der Waals surface area contributed by atoms with Crippen molar-refractivity contribution >= 4 is 0 Å². The number of rotatable bonds is 3. The van der Waals surface area contributed by atoms with Crippen LogP contribution in [0.2, 0.25) is 0 Å². The van der Waals surface area contributed by atoms with Gasteiger partial charge in [0.1, 0.15) is 5.76 Å². The first kappa shape index (κ1) is 9.93. The van der Waals surface area contributed by atoms with E-state index in [0.717, 1.165) is 17.7 Å². The van der Waals surface area contributed by atoms with Gasteiger partial charge in [0.25, 0.3) is 0 Å². The van der Waals surface area contributed by atoms with Crippen molar-refractivity contribution in [1.29, 1.82) is 0 Å². The van der Waals surface area contributed by atoms with Gasteiger partial charge in [-0.25, -0.2) is 0 Å². The van der Waals surface area contributed by atoms with Crippen molar-refractivity contribution < 1.29 is 4.52 Å². The molecule has 0 amide bonds. The van der Waals surface area contributed by atoms with Crippen molar-refractivity contribution in [2.75, 3.05) is 0 Å². The normalized spacial score (nSPS) is 10.5. The zero-order valence-corrected chi connectivity index (χ0v) is 8.73. The van der Waals surface area contributed by atoms with Crippen molar-refractivity contribution in [3.63, 3.8) is 0 Å².